The van der Waals surface area contributed by atoms with Gasteiger partial charge in [-0.25, -0.2) is 6.57 Å². The maximum absolute atomic E-state index is 10.9. The minimum atomic E-state index is -0.755. The van der Waals surface area contributed by atoms with Gasteiger partial charge in [-0.05, 0) is 6.42 Å². The predicted octanol–water partition coefficient (Wildman–Crippen LogP) is 2.05. The minimum absolute atomic E-state index is 0.0237. The highest BCUT2D eigenvalue weighted by Gasteiger charge is 2.34. The van der Waals surface area contributed by atoms with Crippen molar-refractivity contribution in [3.8, 4) is 0 Å². The smallest absolute Gasteiger partial charge is 0.286 e. The van der Waals surface area contributed by atoms with Gasteiger partial charge in [0.05, 0.1) is 0 Å². The monoisotopic (exact) mass is 139 g/mol. The second-order valence-electron chi connectivity index (χ2n) is 2.69. The van der Waals surface area contributed by atoms with Crippen LogP contribution in [-0.4, -0.2) is 11.3 Å². The van der Waals surface area contributed by atoms with E-state index in [9.17, 15) is 4.79 Å². The lowest BCUT2D eigenvalue weighted by molar-refractivity contribution is -0.120. The van der Waals surface area contributed by atoms with Crippen molar-refractivity contribution in [2.24, 2.45) is 0 Å². The first-order chi connectivity index (χ1) is 4.56. The summed E-state index contributed by atoms with van der Waals surface area (Å²) in [6.07, 6.45) is 1.56. The van der Waals surface area contributed by atoms with Crippen molar-refractivity contribution >= 4 is 5.78 Å². The van der Waals surface area contributed by atoms with Gasteiger partial charge in [-0.15, -0.1) is 0 Å². The molecule has 0 aliphatic heterocycles. The van der Waals surface area contributed by atoms with Crippen molar-refractivity contribution < 1.29 is 4.79 Å². The third-order valence-corrected chi connectivity index (χ3v) is 1.74. The van der Waals surface area contributed by atoms with Crippen LogP contribution < -0.4 is 0 Å². The average Bonchev–Trinajstić information content (AvgIpc) is 1.88. The first-order valence-corrected chi connectivity index (χ1v) is 3.46. The van der Waals surface area contributed by atoms with E-state index in [2.05, 4.69) is 4.85 Å². The highest BCUT2D eigenvalue weighted by molar-refractivity contribution is 5.87. The summed E-state index contributed by atoms with van der Waals surface area (Å²) >= 11 is 0. The van der Waals surface area contributed by atoms with Gasteiger partial charge >= 0.3 is 0 Å². The van der Waals surface area contributed by atoms with Gasteiger partial charge < -0.3 is 4.85 Å². The molecule has 0 fully saturated rings. The van der Waals surface area contributed by atoms with E-state index in [-0.39, 0.29) is 5.78 Å². The Kier molecular flexibility index (Phi) is 3.08. The summed E-state index contributed by atoms with van der Waals surface area (Å²) in [7, 11) is 0. The number of carbonyl (C=O) groups is 1. The van der Waals surface area contributed by atoms with Crippen molar-refractivity contribution in [2.45, 2.75) is 39.2 Å². The maximum Gasteiger partial charge on any atom is 0.286 e. The first-order valence-electron chi connectivity index (χ1n) is 3.46. The molecule has 1 unspecified atom stereocenters. The molecule has 0 aromatic heterocycles. The molecular formula is C8H13NO. The normalized spacial score (nSPS) is 15.4. The number of hydrogen-bond donors (Lipinski definition) is 0. The van der Waals surface area contributed by atoms with Crippen molar-refractivity contribution in [2.75, 3.05) is 0 Å². The van der Waals surface area contributed by atoms with Crippen LogP contribution in [-0.2, 0) is 4.79 Å². The van der Waals surface area contributed by atoms with Crippen LogP contribution in [0, 0.1) is 6.57 Å². The molecule has 10 heavy (non-hydrogen) atoms. The second kappa shape index (κ2) is 3.36. The molecule has 0 bridgehead atoms. The zero-order chi connectivity index (χ0) is 8.20. The topological polar surface area (TPSA) is 21.4 Å². The molecule has 56 valence electrons. The fraction of sp³-hybridized carbons (Fsp3) is 0.750. The summed E-state index contributed by atoms with van der Waals surface area (Å²) < 4.78 is 0. The summed E-state index contributed by atoms with van der Waals surface area (Å²) in [6, 6.07) is 0. The summed E-state index contributed by atoms with van der Waals surface area (Å²) in [4.78, 5) is 14.2. The van der Waals surface area contributed by atoms with Gasteiger partial charge in [-0.1, -0.05) is 6.92 Å². The zero-order valence-electron chi connectivity index (χ0n) is 6.77. The third kappa shape index (κ3) is 1.84. The molecule has 0 radical (unpaired) electrons. The van der Waals surface area contributed by atoms with Gasteiger partial charge in [-0.2, -0.15) is 0 Å². The Morgan fingerprint density at radius 2 is 2.20 bits per heavy atom. The van der Waals surface area contributed by atoms with Crippen LogP contribution in [0.15, 0.2) is 0 Å². The largest absolute Gasteiger partial charge is 0.302 e. The van der Waals surface area contributed by atoms with E-state index in [0.29, 0.717) is 6.42 Å². The van der Waals surface area contributed by atoms with Crippen LogP contribution >= 0.6 is 0 Å². The lowest BCUT2D eigenvalue weighted by atomic mass is 9.93. The number of hydrogen-bond acceptors (Lipinski definition) is 1. The fourth-order valence-corrected chi connectivity index (χ4v) is 0.797. The summed E-state index contributed by atoms with van der Waals surface area (Å²) in [5.74, 6) is -0.0237. The molecule has 0 N–H and O–H groups in total. The van der Waals surface area contributed by atoms with Crippen LogP contribution in [0.3, 0.4) is 0 Å². The van der Waals surface area contributed by atoms with E-state index in [1.54, 1.807) is 6.92 Å². The van der Waals surface area contributed by atoms with Crippen LogP contribution in [0.2, 0.25) is 0 Å². The molecule has 0 saturated heterocycles. The summed E-state index contributed by atoms with van der Waals surface area (Å²) in [5, 5.41) is 0. The Morgan fingerprint density at radius 1 is 1.70 bits per heavy atom. The SMILES string of the molecule is [C-]#[N+]C(C)(CCC)C(C)=O. The van der Waals surface area contributed by atoms with Gasteiger partial charge in [0.1, 0.15) is 0 Å². The standard InChI is InChI=1S/C8H13NO/c1-5-6-8(3,9-4)7(2)10/h5-6H2,1-3H3. The highest BCUT2D eigenvalue weighted by atomic mass is 16.1. The number of carbonyl (C=O) groups excluding carboxylic acids is 1. The molecule has 0 aromatic carbocycles. The molecule has 0 saturated carbocycles. The van der Waals surface area contributed by atoms with E-state index < -0.39 is 5.54 Å². The lowest BCUT2D eigenvalue weighted by Gasteiger charge is -2.10. The van der Waals surface area contributed by atoms with Gasteiger partial charge in [-0.3, -0.25) is 4.79 Å². The van der Waals surface area contributed by atoms with Gasteiger partial charge in [0.25, 0.3) is 5.54 Å². The second-order valence-corrected chi connectivity index (χ2v) is 2.69. The first kappa shape index (κ1) is 9.16. The van der Waals surface area contributed by atoms with E-state index in [1.165, 1.54) is 6.92 Å². The Balaban J connectivity index is 4.27. The maximum atomic E-state index is 10.9. The molecule has 0 aliphatic carbocycles. The summed E-state index contributed by atoms with van der Waals surface area (Å²) in [5.41, 5.74) is -0.755. The molecule has 0 aromatic rings. The van der Waals surface area contributed by atoms with Crippen molar-refractivity contribution in [1.82, 2.24) is 0 Å². The average molecular weight is 139 g/mol. The van der Waals surface area contributed by atoms with Gasteiger partial charge in [0.15, 0.2) is 0 Å². The molecule has 0 spiro atoms. The Morgan fingerprint density at radius 3 is 2.30 bits per heavy atom. The molecule has 0 amide bonds. The Labute approximate surface area is 62.1 Å². The van der Waals surface area contributed by atoms with Crippen LogP contribution in [0.5, 0.6) is 0 Å². The number of nitrogens with zero attached hydrogens (tertiary/aromatic N) is 1. The zero-order valence-corrected chi connectivity index (χ0v) is 6.77. The third-order valence-electron chi connectivity index (χ3n) is 1.74. The van der Waals surface area contributed by atoms with Crippen LogP contribution in [0.1, 0.15) is 33.6 Å². The van der Waals surface area contributed by atoms with Crippen molar-refractivity contribution in [3.63, 3.8) is 0 Å². The summed E-state index contributed by atoms with van der Waals surface area (Å²) in [6.45, 7) is 12.0. The molecule has 2 heteroatoms. The van der Waals surface area contributed by atoms with E-state index in [4.69, 9.17) is 6.57 Å². The highest BCUT2D eigenvalue weighted by Crippen LogP contribution is 2.18. The Hall–Kier alpha value is -0.840. The van der Waals surface area contributed by atoms with E-state index in [0.717, 1.165) is 6.42 Å². The van der Waals surface area contributed by atoms with Gasteiger partial charge in [0, 0.05) is 20.3 Å². The van der Waals surface area contributed by atoms with Gasteiger partial charge in [0.2, 0.25) is 5.78 Å². The molecule has 0 rings (SSSR count). The fourth-order valence-electron chi connectivity index (χ4n) is 0.797. The van der Waals surface area contributed by atoms with Crippen LogP contribution in [0.25, 0.3) is 4.85 Å². The molecule has 2 nitrogen and oxygen atoms in total. The number of rotatable bonds is 3. The molecular weight excluding hydrogens is 126 g/mol. The molecule has 0 aliphatic rings. The van der Waals surface area contributed by atoms with E-state index >= 15 is 0 Å². The Bertz CT molecular complexity index is 169. The van der Waals surface area contributed by atoms with Crippen molar-refractivity contribution in [3.05, 3.63) is 11.4 Å². The quantitative estimate of drug-likeness (QED) is 0.548. The van der Waals surface area contributed by atoms with E-state index in [1.807, 2.05) is 6.92 Å². The van der Waals surface area contributed by atoms with Crippen molar-refractivity contribution in [1.29, 1.82) is 0 Å². The lowest BCUT2D eigenvalue weighted by Crippen LogP contribution is -2.28. The number of Topliss-reactive ketones (excluding diaryl/α,β-unsaturated/α-hetero) is 1. The molecule has 0 heterocycles. The van der Waals surface area contributed by atoms with Crippen LogP contribution in [0.4, 0.5) is 0 Å². The minimum Gasteiger partial charge on any atom is -0.302 e. The predicted molar refractivity (Wildman–Crippen MR) is 40.6 cm³/mol. The number of ketones is 1. The molecule has 1 atom stereocenters.